The Morgan fingerprint density at radius 3 is 2.70 bits per heavy atom. The van der Waals surface area contributed by atoms with Crippen LogP contribution in [0, 0.1) is 11.3 Å². The van der Waals surface area contributed by atoms with E-state index in [1.54, 1.807) is 0 Å². The molecule has 1 unspecified atom stereocenters. The lowest BCUT2D eigenvalue weighted by molar-refractivity contribution is -0.123. The van der Waals surface area contributed by atoms with Crippen molar-refractivity contribution in [3.63, 3.8) is 0 Å². The highest BCUT2D eigenvalue weighted by Crippen LogP contribution is 2.23. The molecule has 0 spiro atoms. The maximum atomic E-state index is 11.9. The van der Waals surface area contributed by atoms with Gasteiger partial charge in [-0.15, -0.1) is 0 Å². The molecule has 1 aliphatic rings. The van der Waals surface area contributed by atoms with Crippen molar-refractivity contribution >= 4 is 17.4 Å². The number of hydrogen-bond donors (Lipinski definition) is 1. The highest BCUT2D eigenvalue weighted by Gasteiger charge is 2.22. The smallest absolute Gasteiger partial charge is 0.230 e. The molecule has 1 N–H and O–H groups in total. The third-order valence-electron chi connectivity index (χ3n) is 3.69. The Labute approximate surface area is 121 Å². The number of hydrogen-bond acceptors (Lipinski definition) is 3. The van der Waals surface area contributed by atoms with Gasteiger partial charge < -0.3 is 10.2 Å². The fourth-order valence-corrected chi connectivity index (χ4v) is 2.37. The van der Waals surface area contributed by atoms with E-state index < -0.39 is 5.41 Å². The van der Waals surface area contributed by atoms with Crippen LogP contribution in [0.15, 0.2) is 18.3 Å². The molecular weight excluding hydrogens is 250 g/mol. The Hall–Kier alpha value is -1.58. The summed E-state index contributed by atoms with van der Waals surface area (Å²) in [7, 11) is 0. The Bertz CT molecular complexity index is 462. The summed E-state index contributed by atoms with van der Waals surface area (Å²) in [5.74, 6) is 1.35. The molecule has 4 heteroatoms. The highest BCUT2D eigenvalue weighted by molar-refractivity contribution is 5.93. The summed E-state index contributed by atoms with van der Waals surface area (Å²) in [4.78, 5) is 18.6. The second kappa shape index (κ2) is 5.81. The monoisotopic (exact) mass is 275 g/mol. The molecule has 0 bridgehead atoms. The standard InChI is InChI=1S/C16H25N3O/c1-12-6-5-9-19(11-12)13-7-8-14(17-10-13)18-15(20)16(2,3)4/h7-8,10,12H,5-6,9,11H2,1-4H3,(H,17,18,20). The van der Waals surface area contributed by atoms with Gasteiger partial charge >= 0.3 is 0 Å². The highest BCUT2D eigenvalue weighted by atomic mass is 16.2. The summed E-state index contributed by atoms with van der Waals surface area (Å²) in [6, 6.07) is 3.93. The third-order valence-corrected chi connectivity index (χ3v) is 3.69. The molecule has 110 valence electrons. The zero-order valence-corrected chi connectivity index (χ0v) is 12.9. The van der Waals surface area contributed by atoms with Crippen LogP contribution < -0.4 is 10.2 Å². The number of amides is 1. The fraction of sp³-hybridized carbons (Fsp3) is 0.625. The first-order valence-electron chi connectivity index (χ1n) is 7.39. The Morgan fingerprint density at radius 1 is 1.40 bits per heavy atom. The average molecular weight is 275 g/mol. The van der Waals surface area contributed by atoms with Gasteiger partial charge in [0.2, 0.25) is 5.91 Å². The predicted molar refractivity (Wildman–Crippen MR) is 82.9 cm³/mol. The number of aromatic nitrogens is 1. The first kappa shape index (κ1) is 14.8. The van der Waals surface area contributed by atoms with E-state index in [-0.39, 0.29) is 5.91 Å². The third kappa shape index (κ3) is 3.71. The summed E-state index contributed by atoms with van der Waals surface area (Å²) >= 11 is 0. The van der Waals surface area contributed by atoms with Crippen molar-refractivity contribution in [3.8, 4) is 0 Å². The number of carbonyl (C=O) groups excluding carboxylic acids is 1. The van der Waals surface area contributed by atoms with Gasteiger partial charge in [-0.05, 0) is 30.9 Å². The van der Waals surface area contributed by atoms with Crippen molar-refractivity contribution in [1.29, 1.82) is 0 Å². The number of nitrogens with one attached hydrogen (secondary N) is 1. The topological polar surface area (TPSA) is 45.2 Å². The zero-order chi connectivity index (χ0) is 14.8. The molecular formula is C16H25N3O. The van der Waals surface area contributed by atoms with E-state index >= 15 is 0 Å². The average Bonchev–Trinajstić information content (AvgIpc) is 2.38. The molecule has 2 rings (SSSR count). The van der Waals surface area contributed by atoms with Gasteiger partial charge in [-0.25, -0.2) is 4.98 Å². The van der Waals surface area contributed by atoms with Crippen molar-refractivity contribution in [1.82, 2.24) is 4.98 Å². The summed E-state index contributed by atoms with van der Waals surface area (Å²) in [6.45, 7) is 10.2. The van der Waals surface area contributed by atoms with Crippen molar-refractivity contribution < 1.29 is 4.79 Å². The van der Waals surface area contributed by atoms with Crippen molar-refractivity contribution in [3.05, 3.63) is 18.3 Å². The van der Waals surface area contributed by atoms with E-state index in [4.69, 9.17) is 0 Å². The van der Waals surface area contributed by atoms with E-state index in [0.29, 0.717) is 5.82 Å². The molecule has 4 nitrogen and oxygen atoms in total. The van der Waals surface area contributed by atoms with E-state index in [1.165, 1.54) is 12.8 Å². The van der Waals surface area contributed by atoms with E-state index in [1.807, 2.05) is 39.1 Å². The maximum Gasteiger partial charge on any atom is 0.230 e. The van der Waals surface area contributed by atoms with Crippen LogP contribution in [0.4, 0.5) is 11.5 Å². The summed E-state index contributed by atoms with van der Waals surface area (Å²) < 4.78 is 0. The normalized spacial score (nSPS) is 19.8. The van der Waals surface area contributed by atoms with Crippen molar-refractivity contribution in [2.45, 2.75) is 40.5 Å². The summed E-state index contributed by atoms with van der Waals surface area (Å²) in [5.41, 5.74) is 0.744. The number of pyridine rings is 1. The molecule has 2 heterocycles. The van der Waals surface area contributed by atoms with Crippen LogP contribution in [0.5, 0.6) is 0 Å². The van der Waals surface area contributed by atoms with Crippen molar-refractivity contribution in [2.75, 3.05) is 23.3 Å². The van der Waals surface area contributed by atoms with Gasteiger partial charge in [0.1, 0.15) is 5.82 Å². The van der Waals surface area contributed by atoms with E-state index in [0.717, 1.165) is 24.7 Å². The lowest BCUT2D eigenvalue weighted by Gasteiger charge is -2.32. The van der Waals surface area contributed by atoms with E-state index in [9.17, 15) is 4.79 Å². The number of rotatable bonds is 2. The molecule has 20 heavy (non-hydrogen) atoms. The molecule has 0 aromatic carbocycles. The van der Waals surface area contributed by atoms with Gasteiger partial charge in [0.25, 0.3) is 0 Å². The summed E-state index contributed by atoms with van der Waals surface area (Å²) in [6.07, 6.45) is 4.41. The lowest BCUT2D eigenvalue weighted by Crippen LogP contribution is -2.34. The molecule has 0 saturated carbocycles. The van der Waals surface area contributed by atoms with Crippen LogP contribution in [-0.4, -0.2) is 24.0 Å². The molecule has 1 saturated heterocycles. The summed E-state index contributed by atoms with van der Waals surface area (Å²) in [5, 5.41) is 2.85. The first-order chi connectivity index (χ1) is 9.36. The number of piperidine rings is 1. The second-order valence-corrected chi connectivity index (χ2v) is 6.80. The van der Waals surface area contributed by atoms with Crippen LogP contribution in [0.25, 0.3) is 0 Å². The molecule has 0 aliphatic carbocycles. The van der Waals surface area contributed by atoms with Gasteiger partial charge in [-0.3, -0.25) is 4.79 Å². The fourth-order valence-electron chi connectivity index (χ4n) is 2.37. The molecule has 1 aliphatic heterocycles. The Balaban J connectivity index is 2.01. The molecule has 1 aromatic rings. The molecule has 1 aromatic heterocycles. The van der Waals surface area contributed by atoms with Gasteiger partial charge in [0.15, 0.2) is 0 Å². The molecule has 1 fully saturated rings. The largest absolute Gasteiger partial charge is 0.370 e. The minimum atomic E-state index is -0.400. The number of nitrogens with zero attached hydrogens (tertiary/aromatic N) is 2. The second-order valence-electron chi connectivity index (χ2n) is 6.80. The lowest BCUT2D eigenvalue weighted by atomic mass is 9.96. The Kier molecular flexibility index (Phi) is 4.31. The maximum absolute atomic E-state index is 11.9. The van der Waals surface area contributed by atoms with Crippen LogP contribution in [-0.2, 0) is 4.79 Å². The molecule has 1 atom stereocenters. The van der Waals surface area contributed by atoms with Gasteiger partial charge in [-0.2, -0.15) is 0 Å². The number of anilines is 2. The van der Waals surface area contributed by atoms with Crippen LogP contribution in [0.2, 0.25) is 0 Å². The quantitative estimate of drug-likeness (QED) is 0.900. The van der Waals surface area contributed by atoms with Crippen LogP contribution >= 0.6 is 0 Å². The van der Waals surface area contributed by atoms with Crippen LogP contribution in [0.3, 0.4) is 0 Å². The SMILES string of the molecule is CC1CCCN(c2ccc(NC(=O)C(C)(C)C)nc2)C1. The minimum Gasteiger partial charge on any atom is -0.370 e. The van der Waals surface area contributed by atoms with Crippen molar-refractivity contribution in [2.24, 2.45) is 11.3 Å². The van der Waals surface area contributed by atoms with Gasteiger partial charge in [0, 0.05) is 18.5 Å². The number of carbonyl (C=O) groups is 1. The molecule has 1 amide bonds. The van der Waals surface area contributed by atoms with E-state index in [2.05, 4.69) is 22.1 Å². The minimum absolute atomic E-state index is 0.00987. The predicted octanol–water partition coefficient (Wildman–Crippen LogP) is 3.30. The molecule has 0 radical (unpaired) electrons. The van der Waals surface area contributed by atoms with Crippen LogP contribution in [0.1, 0.15) is 40.5 Å². The van der Waals surface area contributed by atoms with Gasteiger partial charge in [0.05, 0.1) is 11.9 Å². The zero-order valence-electron chi connectivity index (χ0n) is 12.9. The van der Waals surface area contributed by atoms with Gasteiger partial charge in [-0.1, -0.05) is 27.7 Å². The Morgan fingerprint density at radius 2 is 2.15 bits per heavy atom. The first-order valence-corrected chi connectivity index (χ1v) is 7.39.